The van der Waals surface area contributed by atoms with E-state index in [2.05, 4.69) is 15.9 Å². The number of rotatable bonds is 4. The molecule has 0 heterocycles. The zero-order chi connectivity index (χ0) is 14.2. The van der Waals surface area contributed by atoms with E-state index in [1.807, 2.05) is 0 Å². The largest absolute Gasteiger partial charge is 0.480 e. The van der Waals surface area contributed by atoms with Gasteiger partial charge < -0.3 is 10.0 Å². The number of nitrogens with zero attached hydrogens (tertiary/aromatic N) is 1. The van der Waals surface area contributed by atoms with E-state index in [-0.39, 0.29) is 11.6 Å². The zero-order valence-corrected chi connectivity index (χ0v) is 11.9. The summed E-state index contributed by atoms with van der Waals surface area (Å²) in [6.07, 6.45) is 1.58. The van der Waals surface area contributed by atoms with Gasteiger partial charge in [-0.1, -0.05) is 0 Å². The van der Waals surface area contributed by atoms with Crippen molar-refractivity contribution in [3.8, 4) is 0 Å². The molecule has 1 aliphatic carbocycles. The Kier molecular flexibility index (Phi) is 3.89. The molecule has 0 aliphatic heterocycles. The minimum absolute atomic E-state index is 0.0613. The van der Waals surface area contributed by atoms with E-state index in [1.54, 1.807) is 0 Å². The maximum atomic E-state index is 13.2. The standard InChI is InChI=1S/C13H13BrFNO3/c1-7(13(18)19)16(9-3-4-9)12(17)10-6-8(15)2-5-11(10)14/h2,5-7,9H,3-4H2,1H3,(H,18,19). The van der Waals surface area contributed by atoms with E-state index in [0.717, 1.165) is 18.9 Å². The molecule has 1 atom stereocenters. The number of hydrogen-bond donors (Lipinski definition) is 1. The number of carbonyl (C=O) groups excluding carboxylic acids is 1. The van der Waals surface area contributed by atoms with Crippen molar-refractivity contribution < 1.29 is 19.1 Å². The molecule has 0 saturated heterocycles. The minimum atomic E-state index is -1.06. The number of carboxylic acids is 1. The molecule has 4 nitrogen and oxygen atoms in total. The van der Waals surface area contributed by atoms with E-state index in [9.17, 15) is 14.0 Å². The highest BCUT2D eigenvalue weighted by Crippen LogP contribution is 2.31. The lowest BCUT2D eigenvalue weighted by Crippen LogP contribution is -2.44. The Balaban J connectivity index is 2.34. The fraction of sp³-hybridized carbons (Fsp3) is 0.385. The molecular formula is C13H13BrFNO3. The number of halogens is 2. The van der Waals surface area contributed by atoms with Crippen LogP contribution in [0.5, 0.6) is 0 Å². The van der Waals surface area contributed by atoms with Crippen molar-refractivity contribution in [2.24, 2.45) is 0 Å². The third-order valence-electron chi connectivity index (χ3n) is 3.11. The summed E-state index contributed by atoms with van der Waals surface area (Å²) in [6, 6.07) is 2.82. The predicted molar refractivity (Wildman–Crippen MR) is 70.4 cm³/mol. The summed E-state index contributed by atoms with van der Waals surface area (Å²) >= 11 is 3.19. The second-order valence-corrected chi connectivity index (χ2v) is 5.44. The van der Waals surface area contributed by atoms with Crippen LogP contribution in [0.4, 0.5) is 4.39 Å². The fourth-order valence-corrected chi connectivity index (χ4v) is 2.35. The van der Waals surface area contributed by atoms with Crippen molar-refractivity contribution in [1.82, 2.24) is 4.90 Å². The van der Waals surface area contributed by atoms with E-state index in [1.165, 1.54) is 24.0 Å². The molecule has 1 aromatic carbocycles. The number of aliphatic carboxylic acids is 1. The van der Waals surface area contributed by atoms with Gasteiger partial charge in [0.2, 0.25) is 0 Å². The molecule has 1 aliphatic rings. The van der Waals surface area contributed by atoms with Gasteiger partial charge in [-0.2, -0.15) is 0 Å². The van der Waals surface area contributed by atoms with Gasteiger partial charge in [0.05, 0.1) is 5.56 Å². The summed E-state index contributed by atoms with van der Waals surface area (Å²) in [6.45, 7) is 1.46. The van der Waals surface area contributed by atoms with Gasteiger partial charge in [0, 0.05) is 10.5 Å². The summed E-state index contributed by atoms with van der Waals surface area (Å²) < 4.78 is 13.7. The van der Waals surface area contributed by atoms with Gasteiger partial charge in [0.15, 0.2) is 0 Å². The van der Waals surface area contributed by atoms with Crippen LogP contribution in [-0.4, -0.2) is 34.0 Å². The number of carbonyl (C=O) groups is 2. The molecular weight excluding hydrogens is 317 g/mol. The molecule has 2 rings (SSSR count). The first kappa shape index (κ1) is 14.0. The van der Waals surface area contributed by atoms with Crippen LogP contribution in [-0.2, 0) is 4.79 Å². The summed E-state index contributed by atoms with van der Waals surface area (Å²) in [4.78, 5) is 24.8. The lowest BCUT2D eigenvalue weighted by molar-refractivity contribution is -0.141. The van der Waals surface area contributed by atoms with Gasteiger partial charge in [-0.05, 0) is 53.9 Å². The molecule has 0 bridgehead atoms. The van der Waals surface area contributed by atoms with Crippen LogP contribution in [0, 0.1) is 5.82 Å². The van der Waals surface area contributed by atoms with Crippen molar-refractivity contribution in [3.63, 3.8) is 0 Å². The third kappa shape index (κ3) is 2.94. The number of carboxylic acid groups (broad SMARTS) is 1. The fourth-order valence-electron chi connectivity index (χ4n) is 1.93. The lowest BCUT2D eigenvalue weighted by atomic mass is 10.1. The van der Waals surface area contributed by atoms with Crippen LogP contribution in [0.2, 0.25) is 0 Å². The zero-order valence-electron chi connectivity index (χ0n) is 10.3. The molecule has 0 aromatic heterocycles. The Morgan fingerprint density at radius 3 is 2.63 bits per heavy atom. The Labute approximate surface area is 118 Å². The van der Waals surface area contributed by atoms with Gasteiger partial charge in [-0.3, -0.25) is 4.79 Å². The number of hydrogen-bond acceptors (Lipinski definition) is 2. The summed E-state index contributed by atoms with van der Waals surface area (Å²) in [5, 5.41) is 9.07. The number of amides is 1. The topological polar surface area (TPSA) is 57.6 Å². The molecule has 0 radical (unpaired) electrons. The first-order chi connectivity index (χ1) is 8.91. The predicted octanol–water partition coefficient (Wildman–Crippen LogP) is 2.67. The molecule has 102 valence electrons. The average molecular weight is 330 g/mol. The third-order valence-corrected chi connectivity index (χ3v) is 3.80. The first-order valence-corrected chi connectivity index (χ1v) is 6.71. The maximum absolute atomic E-state index is 13.2. The summed E-state index contributed by atoms with van der Waals surface area (Å²) in [5.41, 5.74) is 0.153. The van der Waals surface area contributed by atoms with Crippen molar-refractivity contribution in [2.45, 2.75) is 31.8 Å². The molecule has 1 unspecified atom stereocenters. The minimum Gasteiger partial charge on any atom is -0.480 e. The molecule has 0 spiro atoms. The SMILES string of the molecule is CC(C(=O)O)N(C(=O)c1cc(F)ccc1Br)C1CC1. The highest BCUT2D eigenvalue weighted by molar-refractivity contribution is 9.10. The second kappa shape index (κ2) is 5.28. The Morgan fingerprint density at radius 2 is 2.11 bits per heavy atom. The quantitative estimate of drug-likeness (QED) is 0.923. The average Bonchev–Trinajstić information content (AvgIpc) is 3.16. The molecule has 1 saturated carbocycles. The Morgan fingerprint density at radius 1 is 1.47 bits per heavy atom. The molecule has 1 amide bonds. The van der Waals surface area contributed by atoms with Gasteiger partial charge in [-0.15, -0.1) is 0 Å². The van der Waals surface area contributed by atoms with Crippen LogP contribution in [0.3, 0.4) is 0 Å². The van der Waals surface area contributed by atoms with Crippen LogP contribution in [0.15, 0.2) is 22.7 Å². The summed E-state index contributed by atoms with van der Waals surface area (Å²) in [7, 11) is 0. The lowest BCUT2D eigenvalue weighted by Gasteiger charge is -2.26. The molecule has 1 N–H and O–H groups in total. The maximum Gasteiger partial charge on any atom is 0.326 e. The molecule has 19 heavy (non-hydrogen) atoms. The van der Waals surface area contributed by atoms with Crippen molar-refractivity contribution >= 4 is 27.8 Å². The van der Waals surface area contributed by atoms with Crippen molar-refractivity contribution in [1.29, 1.82) is 0 Å². The number of benzene rings is 1. The van der Waals surface area contributed by atoms with Gasteiger partial charge in [0.1, 0.15) is 11.9 Å². The van der Waals surface area contributed by atoms with Crippen LogP contribution < -0.4 is 0 Å². The van der Waals surface area contributed by atoms with Crippen molar-refractivity contribution in [3.05, 3.63) is 34.1 Å². The monoisotopic (exact) mass is 329 g/mol. The van der Waals surface area contributed by atoms with Gasteiger partial charge in [0.25, 0.3) is 5.91 Å². The van der Waals surface area contributed by atoms with Gasteiger partial charge >= 0.3 is 5.97 Å². The summed E-state index contributed by atoms with van der Waals surface area (Å²) in [5.74, 6) is -2.04. The van der Waals surface area contributed by atoms with E-state index in [4.69, 9.17) is 5.11 Å². The van der Waals surface area contributed by atoms with Gasteiger partial charge in [-0.25, -0.2) is 9.18 Å². The molecule has 6 heteroatoms. The van der Waals surface area contributed by atoms with E-state index in [0.29, 0.717) is 4.47 Å². The van der Waals surface area contributed by atoms with E-state index >= 15 is 0 Å². The first-order valence-electron chi connectivity index (χ1n) is 5.92. The van der Waals surface area contributed by atoms with Crippen LogP contribution >= 0.6 is 15.9 Å². The van der Waals surface area contributed by atoms with Crippen LogP contribution in [0.1, 0.15) is 30.1 Å². The highest BCUT2D eigenvalue weighted by atomic mass is 79.9. The van der Waals surface area contributed by atoms with E-state index < -0.39 is 23.7 Å². The normalized spacial score (nSPS) is 15.9. The molecule has 1 fully saturated rings. The molecule has 1 aromatic rings. The Bertz CT molecular complexity index is 531. The van der Waals surface area contributed by atoms with Crippen molar-refractivity contribution in [2.75, 3.05) is 0 Å². The van der Waals surface area contributed by atoms with Crippen LogP contribution in [0.25, 0.3) is 0 Å². The Hall–Kier alpha value is -1.43. The second-order valence-electron chi connectivity index (χ2n) is 4.58. The highest BCUT2D eigenvalue weighted by Gasteiger charge is 2.39. The smallest absolute Gasteiger partial charge is 0.326 e.